The molecular formula is C35H24N4O. The first-order valence-corrected chi connectivity index (χ1v) is 13.1. The molecule has 0 aliphatic rings. The third kappa shape index (κ3) is 4.40. The summed E-state index contributed by atoms with van der Waals surface area (Å²) in [6.07, 6.45) is 7.32. The highest BCUT2D eigenvalue weighted by atomic mass is 16.3. The Hall–Kier alpha value is -5.55. The van der Waals surface area contributed by atoms with Crippen LogP contribution in [0.2, 0.25) is 0 Å². The van der Waals surface area contributed by atoms with Crippen LogP contribution in [0.15, 0.2) is 151 Å². The van der Waals surface area contributed by atoms with Crippen LogP contribution in [0.25, 0.3) is 44.8 Å². The maximum Gasteiger partial charge on any atom is 0.228 e. The number of benzene rings is 4. The van der Waals surface area contributed by atoms with Gasteiger partial charge in [-0.2, -0.15) is 0 Å². The number of rotatable bonds is 6. The van der Waals surface area contributed by atoms with Gasteiger partial charge in [0.2, 0.25) is 5.89 Å². The van der Waals surface area contributed by atoms with Gasteiger partial charge in [-0.3, -0.25) is 9.97 Å². The summed E-state index contributed by atoms with van der Waals surface area (Å²) in [4.78, 5) is 15.9. The fourth-order valence-corrected chi connectivity index (χ4v) is 5.04. The van der Waals surface area contributed by atoms with Crippen molar-refractivity contribution in [2.75, 3.05) is 4.90 Å². The molecule has 190 valence electrons. The predicted molar refractivity (Wildman–Crippen MR) is 161 cm³/mol. The summed E-state index contributed by atoms with van der Waals surface area (Å²) >= 11 is 0. The van der Waals surface area contributed by atoms with Crippen molar-refractivity contribution in [1.82, 2.24) is 15.0 Å². The molecular weight excluding hydrogens is 492 g/mol. The maximum atomic E-state index is 6.12. The second kappa shape index (κ2) is 10.3. The van der Waals surface area contributed by atoms with E-state index in [1.54, 1.807) is 6.20 Å². The van der Waals surface area contributed by atoms with E-state index in [9.17, 15) is 0 Å². The molecule has 0 saturated heterocycles. The van der Waals surface area contributed by atoms with Crippen LogP contribution in [0.5, 0.6) is 0 Å². The minimum atomic E-state index is 0.560. The van der Waals surface area contributed by atoms with Crippen LogP contribution in [0.3, 0.4) is 0 Å². The van der Waals surface area contributed by atoms with E-state index in [4.69, 9.17) is 9.40 Å². The van der Waals surface area contributed by atoms with Gasteiger partial charge >= 0.3 is 0 Å². The normalized spacial score (nSPS) is 11.0. The van der Waals surface area contributed by atoms with Crippen LogP contribution >= 0.6 is 0 Å². The Bertz CT molecular complexity index is 1830. The predicted octanol–water partition coefficient (Wildman–Crippen LogP) is 9.09. The van der Waals surface area contributed by atoms with E-state index in [0.717, 1.165) is 56.0 Å². The van der Waals surface area contributed by atoms with Crippen LogP contribution in [0.1, 0.15) is 0 Å². The third-order valence-corrected chi connectivity index (χ3v) is 6.92. The molecule has 0 spiro atoms. The highest BCUT2D eigenvalue weighted by molar-refractivity contribution is 5.91. The highest BCUT2D eigenvalue weighted by Crippen LogP contribution is 2.39. The molecule has 0 N–H and O–H groups in total. The molecule has 40 heavy (non-hydrogen) atoms. The summed E-state index contributed by atoms with van der Waals surface area (Å²) in [5, 5.41) is 0. The third-order valence-electron chi connectivity index (χ3n) is 6.92. The van der Waals surface area contributed by atoms with Gasteiger partial charge in [0.05, 0.1) is 0 Å². The summed E-state index contributed by atoms with van der Waals surface area (Å²) in [7, 11) is 0. The van der Waals surface area contributed by atoms with Gasteiger partial charge in [-0.15, -0.1) is 0 Å². The Morgan fingerprint density at radius 3 is 1.68 bits per heavy atom. The molecule has 0 unspecified atom stereocenters. The Balaban J connectivity index is 1.30. The molecule has 3 heterocycles. The van der Waals surface area contributed by atoms with Crippen LogP contribution in [-0.2, 0) is 0 Å². The molecule has 0 amide bonds. The van der Waals surface area contributed by atoms with E-state index < -0.39 is 0 Å². The fourth-order valence-electron chi connectivity index (χ4n) is 5.04. The summed E-state index contributed by atoms with van der Waals surface area (Å²) in [6, 6.07) is 41.2. The molecule has 0 bridgehead atoms. The topological polar surface area (TPSA) is 55.1 Å². The van der Waals surface area contributed by atoms with Crippen LogP contribution in [0.4, 0.5) is 17.1 Å². The lowest BCUT2D eigenvalue weighted by atomic mass is 9.94. The monoisotopic (exact) mass is 516 g/mol. The summed E-state index contributed by atoms with van der Waals surface area (Å²) in [5.74, 6) is 0.560. The van der Waals surface area contributed by atoms with Crippen LogP contribution < -0.4 is 4.90 Å². The average Bonchev–Trinajstić information content (AvgIpc) is 3.47. The van der Waals surface area contributed by atoms with Crippen molar-refractivity contribution in [3.8, 4) is 33.7 Å². The lowest BCUT2D eigenvalue weighted by Gasteiger charge is -2.25. The second-order valence-corrected chi connectivity index (χ2v) is 9.38. The SMILES string of the molecule is c1ccc(N(c2ccccc2)c2ccc(-c3ccncc3-c3cnccc3-c3nc4ccccc4o3)cc2)cc1. The van der Waals surface area contributed by atoms with Gasteiger partial charge in [-0.1, -0.05) is 60.7 Å². The zero-order valence-corrected chi connectivity index (χ0v) is 21.6. The largest absolute Gasteiger partial charge is 0.436 e. The average molecular weight is 517 g/mol. The molecule has 0 aliphatic heterocycles. The minimum Gasteiger partial charge on any atom is -0.436 e. The van der Waals surface area contributed by atoms with Crippen molar-refractivity contribution >= 4 is 28.2 Å². The lowest BCUT2D eigenvalue weighted by Crippen LogP contribution is -2.09. The van der Waals surface area contributed by atoms with E-state index in [2.05, 4.69) is 87.7 Å². The molecule has 4 aromatic carbocycles. The molecule has 0 aliphatic carbocycles. The van der Waals surface area contributed by atoms with Crippen molar-refractivity contribution in [3.05, 3.63) is 146 Å². The number of anilines is 3. The summed E-state index contributed by atoms with van der Waals surface area (Å²) < 4.78 is 6.12. The van der Waals surface area contributed by atoms with Gasteiger partial charge in [-0.05, 0) is 71.8 Å². The molecule has 7 rings (SSSR count). The van der Waals surface area contributed by atoms with E-state index >= 15 is 0 Å². The molecule has 0 radical (unpaired) electrons. The van der Waals surface area contributed by atoms with E-state index in [0.29, 0.717) is 5.89 Å². The standard InChI is InChI=1S/C35H24N4O/c1-3-9-26(10-4-1)39(27-11-5-2-6-12-27)28-17-15-25(16-18-28)29-19-21-36-23-31(29)32-24-37-22-20-30(32)35-38-33-13-7-8-14-34(33)40-35/h1-24H. The number of hydrogen-bond donors (Lipinski definition) is 0. The molecule has 5 heteroatoms. The highest BCUT2D eigenvalue weighted by Gasteiger charge is 2.18. The molecule has 0 fully saturated rings. The Labute approximate surface area is 232 Å². The van der Waals surface area contributed by atoms with Crippen molar-refractivity contribution < 1.29 is 4.42 Å². The zero-order chi connectivity index (χ0) is 26.7. The van der Waals surface area contributed by atoms with Crippen LogP contribution in [0, 0.1) is 0 Å². The van der Waals surface area contributed by atoms with Crippen molar-refractivity contribution in [3.63, 3.8) is 0 Å². The van der Waals surface area contributed by atoms with Crippen molar-refractivity contribution in [1.29, 1.82) is 0 Å². The summed E-state index contributed by atoms with van der Waals surface area (Å²) in [5.41, 5.74) is 9.73. The Kier molecular flexibility index (Phi) is 6.07. The minimum absolute atomic E-state index is 0.560. The number of oxazole rings is 1. The van der Waals surface area contributed by atoms with Gasteiger partial charge in [-0.25, -0.2) is 4.98 Å². The second-order valence-electron chi connectivity index (χ2n) is 9.38. The van der Waals surface area contributed by atoms with E-state index in [1.165, 1.54) is 0 Å². The number of nitrogens with zero attached hydrogens (tertiary/aromatic N) is 4. The number of fused-ring (bicyclic) bond motifs is 1. The Morgan fingerprint density at radius 2 is 1.02 bits per heavy atom. The first-order chi connectivity index (χ1) is 19.8. The Morgan fingerprint density at radius 1 is 0.475 bits per heavy atom. The smallest absolute Gasteiger partial charge is 0.228 e. The maximum absolute atomic E-state index is 6.12. The molecule has 7 aromatic rings. The zero-order valence-electron chi connectivity index (χ0n) is 21.6. The van der Waals surface area contributed by atoms with Gasteiger partial charge in [0, 0.05) is 58.5 Å². The quantitative estimate of drug-likeness (QED) is 0.221. The lowest BCUT2D eigenvalue weighted by molar-refractivity contribution is 0.620. The number of hydrogen-bond acceptors (Lipinski definition) is 5. The fraction of sp³-hybridized carbons (Fsp3) is 0. The van der Waals surface area contributed by atoms with Gasteiger partial charge in [0.25, 0.3) is 0 Å². The molecule has 5 nitrogen and oxygen atoms in total. The van der Waals surface area contributed by atoms with E-state index in [-0.39, 0.29) is 0 Å². The van der Waals surface area contributed by atoms with Gasteiger partial charge in [0.1, 0.15) is 5.52 Å². The van der Waals surface area contributed by atoms with E-state index in [1.807, 2.05) is 67.1 Å². The van der Waals surface area contributed by atoms with Gasteiger partial charge < -0.3 is 9.32 Å². The number of aromatic nitrogens is 3. The van der Waals surface area contributed by atoms with Crippen molar-refractivity contribution in [2.45, 2.75) is 0 Å². The summed E-state index contributed by atoms with van der Waals surface area (Å²) in [6.45, 7) is 0. The molecule has 0 atom stereocenters. The first-order valence-electron chi connectivity index (χ1n) is 13.1. The van der Waals surface area contributed by atoms with Crippen LogP contribution in [-0.4, -0.2) is 15.0 Å². The molecule has 3 aromatic heterocycles. The number of pyridine rings is 2. The van der Waals surface area contributed by atoms with Gasteiger partial charge in [0.15, 0.2) is 5.58 Å². The first kappa shape index (κ1) is 23.6. The van der Waals surface area contributed by atoms with Crippen molar-refractivity contribution in [2.24, 2.45) is 0 Å². The molecule has 0 saturated carbocycles. The number of para-hydroxylation sites is 4.